The third-order valence-corrected chi connectivity index (χ3v) is 3.36. The summed E-state index contributed by atoms with van der Waals surface area (Å²) in [6, 6.07) is 11.0. The van der Waals surface area contributed by atoms with Gasteiger partial charge >= 0.3 is 0 Å². The molecule has 0 spiro atoms. The fraction of sp³-hybridized carbons (Fsp3) is 0.294. The van der Waals surface area contributed by atoms with Crippen molar-refractivity contribution >= 4 is 11.7 Å². The number of hydrogen-bond donors (Lipinski definition) is 2. The van der Waals surface area contributed by atoms with Gasteiger partial charge in [0.2, 0.25) is 5.91 Å². The lowest BCUT2D eigenvalue weighted by Gasteiger charge is -2.18. The van der Waals surface area contributed by atoms with Crippen molar-refractivity contribution in [1.82, 2.24) is 4.98 Å². The number of nitrogens with two attached hydrogens (primary N) is 1. The highest BCUT2D eigenvalue weighted by atomic mass is 16.6. The van der Waals surface area contributed by atoms with Crippen LogP contribution in [0.1, 0.15) is 13.3 Å². The summed E-state index contributed by atoms with van der Waals surface area (Å²) >= 11 is 0. The van der Waals surface area contributed by atoms with Crippen LogP contribution in [-0.2, 0) is 4.79 Å². The van der Waals surface area contributed by atoms with E-state index in [4.69, 9.17) is 15.2 Å². The molecule has 1 aromatic heterocycles. The second-order valence-corrected chi connectivity index (χ2v) is 5.50. The van der Waals surface area contributed by atoms with Crippen LogP contribution in [0.4, 0.5) is 5.82 Å². The normalized spacial score (nSPS) is 14.2. The zero-order valence-electron chi connectivity index (χ0n) is 12.9. The van der Waals surface area contributed by atoms with Crippen molar-refractivity contribution < 1.29 is 14.3 Å². The number of anilines is 1. The molecule has 3 N–H and O–H groups in total. The molecule has 1 unspecified atom stereocenters. The maximum absolute atomic E-state index is 11.8. The first-order valence-corrected chi connectivity index (χ1v) is 7.54. The van der Waals surface area contributed by atoms with Crippen molar-refractivity contribution in [1.29, 1.82) is 0 Å². The average molecular weight is 313 g/mol. The van der Waals surface area contributed by atoms with E-state index < -0.39 is 0 Å². The van der Waals surface area contributed by atoms with Crippen LogP contribution in [-0.4, -0.2) is 30.1 Å². The van der Waals surface area contributed by atoms with Crippen LogP contribution in [0.3, 0.4) is 0 Å². The van der Waals surface area contributed by atoms with Gasteiger partial charge in [-0.25, -0.2) is 4.98 Å². The lowest BCUT2D eigenvalue weighted by atomic mass is 10.1. The van der Waals surface area contributed by atoms with E-state index in [0.29, 0.717) is 24.8 Å². The molecule has 6 heteroatoms. The van der Waals surface area contributed by atoms with Gasteiger partial charge in [0.05, 0.1) is 5.69 Å². The quantitative estimate of drug-likeness (QED) is 0.903. The molecule has 6 nitrogen and oxygen atoms in total. The summed E-state index contributed by atoms with van der Waals surface area (Å²) in [4.78, 5) is 16.3. The summed E-state index contributed by atoms with van der Waals surface area (Å²) in [6.45, 7) is 2.89. The standard InChI is InChI=1S/C17H19N3O3/c1-11(18)9-17(21)20-16-4-2-3-13(19-16)12-5-6-14-15(10-12)23-8-7-22-14/h2-6,10-11H,7-9,18H2,1H3,(H,19,20,21). The van der Waals surface area contributed by atoms with E-state index in [1.54, 1.807) is 13.0 Å². The van der Waals surface area contributed by atoms with Crippen LogP contribution in [0, 0.1) is 0 Å². The first-order valence-electron chi connectivity index (χ1n) is 7.54. The second-order valence-electron chi connectivity index (χ2n) is 5.50. The Hall–Kier alpha value is -2.60. The number of ether oxygens (including phenoxy) is 2. The second kappa shape index (κ2) is 6.66. The number of carbonyl (C=O) groups excluding carboxylic acids is 1. The number of nitrogens with zero attached hydrogens (tertiary/aromatic N) is 1. The van der Waals surface area contributed by atoms with Gasteiger partial charge < -0.3 is 20.5 Å². The van der Waals surface area contributed by atoms with Gasteiger partial charge in [-0.3, -0.25) is 4.79 Å². The van der Waals surface area contributed by atoms with Crippen molar-refractivity contribution in [2.24, 2.45) is 5.73 Å². The molecule has 2 heterocycles. The van der Waals surface area contributed by atoms with Crippen molar-refractivity contribution in [3.05, 3.63) is 36.4 Å². The molecule has 0 aliphatic carbocycles. The molecule has 0 bridgehead atoms. The summed E-state index contributed by atoms with van der Waals surface area (Å²) in [7, 11) is 0. The Kier molecular flexibility index (Phi) is 4.43. The third kappa shape index (κ3) is 3.78. The molecule has 1 aromatic carbocycles. The van der Waals surface area contributed by atoms with E-state index in [-0.39, 0.29) is 18.4 Å². The molecule has 120 valence electrons. The molecule has 3 rings (SSSR count). The summed E-state index contributed by atoms with van der Waals surface area (Å²) < 4.78 is 11.1. The average Bonchev–Trinajstić information content (AvgIpc) is 2.54. The molecule has 1 aliphatic heterocycles. The first kappa shape index (κ1) is 15.3. The fourth-order valence-electron chi connectivity index (χ4n) is 2.35. The summed E-state index contributed by atoms with van der Waals surface area (Å²) in [6.07, 6.45) is 0.260. The van der Waals surface area contributed by atoms with E-state index in [2.05, 4.69) is 10.3 Å². The monoisotopic (exact) mass is 313 g/mol. The smallest absolute Gasteiger partial charge is 0.227 e. The van der Waals surface area contributed by atoms with Gasteiger partial charge in [-0.05, 0) is 37.3 Å². The summed E-state index contributed by atoms with van der Waals surface area (Å²) in [5.74, 6) is 1.80. The minimum absolute atomic E-state index is 0.146. The van der Waals surface area contributed by atoms with Gasteiger partial charge in [0.15, 0.2) is 11.5 Å². The van der Waals surface area contributed by atoms with E-state index in [9.17, 15) is 4.79 Å². The Bertz CT molecular complexity index is 716. The number of benzene rings is 1. The lowest BCUT2D eigenvalue weighted by molar-refractivity contribution is -0.116. The number of aromatic nitrogens is 1. The van der Waals surface area contributed by atoms with Crippen LogP contribution in [0.5, 0.6) is 11.5 Å². The largest absolute Gasteiger partial charge is 0.486 e. The molecule has 1 amide bonds. The van der Waals surface area contributed by atoms with Crippen molar-refractivity contribution in [3.63, 3.8) is 0 Å². The number of fused-ring (bicyclic) bond motifs is 1. The Morgan fingerprint density at radius 2 is 2.04 bits per heavy atom. The number of pyridine rings is 1. The maximum atomic E-state index is 11.8. The SMILES string of the molecule is CC(N)CC(=O)Nc1cccc(-c2ccc3c(c2)OCCO3)n1. The fourth-order valence-corrected chi connectivity index (χ4v) is 2.35. The van der Waals surface area contributed by atoms with Gasteiger partial charge in [0, 0.05) is 18.0 Å². The highest BCUT2D eigenvalue weighted by Crippen LogP contribution is 2.34. The van der Waals surface area contributed by atoms with Crippen molar-refractivity contribution in [3.8, 4) is 22.8 Å². The maximum Gasteiger partial charge on any atom is 0.227 e. The predicted molar refractivity (Wildman–Crippen MR) is 87.6 cm³/mol. The molecule has 1 atom stereocenters. The van der Waals surface area contributed by atoms with Crippen LogP contribution >= 0.6 is 0 Å². The molecule has 0 saturated heterocycles. The highest BCUT2D eigenvalue weighted by molar-refractivity contribution is 5.90. The highest BCUT2D eigenvalue weighted by Gasteiger charge is 2.13. The van der Waals surface area contributed by atoms with Crippen LogP contribution < -0.4 is 20.5 Å². The van der Waals surface area contributed by atoms with E-state index in [1.807, 2.05) is 30.3 Å². The Balaban J connectivity index is 1.81. The number of hydrogen-bond acceptors (Lipinski definition) is 5. The molecular formula is C17H19N3O3. The molecular weight excluding hydrogens is 294 g/mol. The van der Waals surface area contributed by atoms with Crippen LogP contribution in [0.15, 0.2) is 36.4 Å². The van der Waals surface area contributed by atoms with E-state index in [1.165, 1.54) is 0 Å². The molecule has 0 fully saturated rings. The van der Waals surface area contributed by atoms with Gasteiger partial charge in [-0.2, -0.15) is 0 Å². The lowest BCUT2D eigenvalue weighted by Crippen LogP contribution is -2.24. The molecule has 0 radical (unpaired) electrons. The van der Waals surface area contributed by atoms with E-state index in [0.717, 1.165) is 17.0 Å². The topological polar surface area (TPSA) is 86.5 Å². The predicted octanol–water partition coefficient (Wildman–Crippen LogP) is 2.20. The van der Waals surface area contributed by atoms with Crippen LogP contribution in [0.25, 0.3) is 11.3 Å². The zero-order chi connectivity index (χ0) is 16.2. The number of amides is 1. The minimum atomic E-state index is -0.184. The molecule has 2 aromatic rings. The van der Waals surface area contributed by atoms with Crippen molar-refractivity contribution in [2.75, 3.05) is 18.5 Å². The molecule has 1 aliphatic rings. The minimum Gasteiger partial charge on any atom is -0.486 e. The Morgan fingerprint density at radius 3 is 2.83 bits per heavy atom. The number of rotatable bonds is 4. The Labute approximate surface area is 134 Å². The van der Waals surface area contributed by atoms with Crippen molar-refractivity contribution in [2.45, 2.75) is 19.4 Å². The van der Waals surface area contributed by atoms with Gasteiger partial charge in [-0.1, -0.05) is 6.07 Å². The Morgan fingerprint density at radius 1 is 1.26 bits per heavy atom. The number of nitrogens with one attached hydrogen (secondary N) is 1. The van der Waals surface area contributed by atoms with Gasteiger partial charge in [0.1, 0.15) is 19.0 Å². The van der Waals surface area contributed by atoms with Gasteiger partial charge in [0.25, 0.3) is 0 Å². The summed E-state index contributed by atoms with van der Waals surface area (Å²) in [5, 5.41) is 2.76. The number of carbonyl (C=O) groups is 1. The third-order valence-electron chi connectivity index (χ3n) is 3.36. The van der Waals surface area contributed by atoms with E-state index >= 15 is 0 Å². The molecule has 23 heavy (non-hydrogen) atoms. The first-order chi connectivity index (χ1) is 11.1. The van der Waals surface area contributed by atoms with Crippen LogP contribution in [0.2, 0.25) is 0 Å². The zero-order valence-corrected chi connectivity index (χ0v) is 12.9. The summed E-state index contributed by atoms with van der Waals surface area (Å²) in [5.41, 5.74) is 7.28. The molecule has 0 saturated carbocycles. The van der Waals surface area contributed by atoms with Gasteiger partial charge in [-0.15, -0.1) is 0 Å².